The van der Waals surface area contributed by atoms with E-state index < -0.39 is 0 Å². The first-order chi connectivity index (χ1) is 12.6. The number of hydrogen-bond donors (Lipinski definition) is 0. The van der Waals surface area contributed by atoms with Crippen LogP contribution in [0.25, 0.3) is 0 Å². The Bertz CT molecular complexity index is 707. The highest BCUT2D eigenvalue weighted by atomic mass is 19.1. The van der Waals surface area contributed by atoms with E-state index in [2.05, 4.69) is 4.90 Å². The molecule has 2 heterocycles. The van der Waals surface area contributed by atoms with Crippen molar-refractivity contribution >= 4 is 5.91 Å². The van der Waals surface area contributed by atoms with Gasteiger partial charge in [-0.2, -0.15) is 0 Å². The molecule has 1 saturated carbocycles. The molecular weight excluding hydrogens is 335 g/mol. The molecule has 2 fully saturated rings. The Balaban J connectivity index is 1.41. The number of carbonyl (C=O) groups excluding carboxylic acids is 1. The summed E-state index contributed by atoms with van der Waals surface area (Å²) in [7, 11) is 3.28. The molecule has 3 aliphatic rings. The summed E-state index contributed by atoms with van der Waals surface area (Å²) in [5.74, 6) is 1.98. The fourth-order valence-corrected chi connectivity index (χ4v) is 4.74. The number of halogens is 1. The third-order valence-electron chi connectivity index (χ3n) is 6.58. The van der Waals surface area contributed by atoms with Crippen LogP contribution in [0.3, 0.4) is 0 Å². The zero-order chi connectivity index (χ0) is 18.3. The minimum Gasteiger partial charge on any atom is -0.493 e. The number of amides is 1. The van der Waals surface area contributed by atoms with Crippen molar-refractivity contribution in [3.8, 4) is 11.5 Å². The lowest BCUT2D eigenvalue weighted by atomic mass is 9.63. The smallest absolute Gasteiger partial charge is 0.236 e. The van der Waals surface area contributed by atoms with Gasteiger partial charge in [-0.05, 0) is 48.4 Å². The molecule has 2 atom stereocenters. The Kier molecular flexibility index (Phi) is 4.55. The van der Waals surface area contributed by atoms with Crippen molar-refractivity contribution < 1.29 is 18.7 Å². The van der Waals surface area contributed by atoms with Gasteiger partial charge >= 0.3 is 0 Å². The largest absolute Gasteiger partial charge is 0.493 e. The predicted octanol–water partition coefficient (Wildman–Crippen LogP) is 2.27. The summed E-state index contributed by atoms with van der Waals surface area (Å²) in [4.78, 5) is 16.8. The lowest BCUT2D eigenvalue weighted by molar-refractivity contribution is -0.132. The van der Waals surface area contributed by atoms with E-state index in [1.165, 1.54) is 11.1 Å². The number of hydrogen-bond acceptors (Lipinski definition) is 4. The third-order valence-corrected chi connectivity index (χ3v) is 6.58. The van der Waals surface area contributed by atoms with Crippen molar-refractivity contribution in [1.82, 2.24) is 9.80 Å². The highest BCUT2D eigenvalue weighted by Gasteiger charge is 2.54. The number of fused-ring (bicyclic) bond motifs is 2. The molecule has 2 aliphatic heterocycles. The van der Waals surface area contributed by atoms with Crippen LogP contribution in [0.2, 0.25) is 0 Å². The number of rotatable bonds is 5. The zero-order valence-corrected chi connectivity index (χ0v) is 15.6. The summed E-state index contributed by atoms with van der Waals surface area (Å²) in [6.07, 6.45) is 2.88. The average Bonchev–Trinajstić information content (AvgIpc) is 2.91. The fourth-order valence-electron chi connectivity index (χ4n) is 4.74. The van der Waals surface area contributed by atoms with Crippen LogP contribution in [-0.4, -0.2) is 62.8 Å². The van der Waals surface area contributed by atoms with E-state index in [9.17, 15) is 9.18 Å². The maximum Gasteiger partial charge on any atom is 0.236 e. The molecule has 0 aromatic heterocycles. The van der Waals surface area contributed by atoms with Gasteiger partial charge in [0.05, 0.1) is 27.4 Å². The van der Waals surface area contributed by atoms with E-state index in [-0.39, 0.29) is 18.0 Å². The first-order valence-corrected chi connectivity index (χ1v) is 9.38. The number of likely N-dealkylation sites (tertiary alicyclic amines) is 1. The Labute approximate surface area is 154 Å². The average molecular weight is 362 g/mol. The number of alkyl halides is 1. The van der Waals surface area contributed by atoms with Crippen molar-refractivity contribution in [1.29, 1.82) is 0 Å². The van der Waals surface area contributed by atoms with Crippen LogP contribution in [-0.2, 0) is 17.8 Å². The normalized spacial score (nSPS) is 27.5. The van der Waals surface area contributed by atoms with E-state index >= 15 is 0 Å². The summed E-state index contributed by atoms with van der Waals surface area (Å²) in [5, 5.41) is 0. The standard InChI is InChI=1S/C20H27FN2O3/c1-25-17-7-14-4-6-22(9-15(14)8-18(17)26-2)11-19(24)23-10-16-3-5-20(16,12-21)13-23/h7-8,16H,3-6,9-13H2,1-2H3/t16-,20-/m0/s1. The van der Waals surface area contributed by atoms with Gasteiger partial charge in [-0.25, -0.2) is 0 Å². The van der Waals surface area contributed by atoms with Gasteiger partial charge in [0.2, 0.25) is 5.91 Å². The van der Waals surface area contributed by atoms with E-state index in [0.29, 0.717) is 19.0 Å². The van der Waals surface area contributed by atoms with Gasteiger partial charge in [0, 0.05) is 31.6 Å². The molecule has 5 nitrogen and oxygen atoms in total. The molecule has 1 amide bonds. The first-order valence-electron chi connectivity index (χ1n) is 9.38. The molecule has 1 aliphatic carbocycles. The second-order valence-corrected chi connectivity index (χ2v) is 7.94. The Morgan fingerprint density at radius 3 is 2.58 bits per heavy atom. The first kappa shape index (κ1) is 17.6. The molecule has 4 rings (SSSR count). The lowest BCUT2D eigenvalue weighted by Crippen LogP contribution is -2.43. The van der Waals surface area contributed by atoms with Crippen LogP contribution in [0.15, 0.2) is 12.1 Å². The van der Waals surface area contributed by atoms with Gasteiger partial charge in [-0.1, -0.05) is 0 Å². The van der Waals surface area contributed by atoms with Crippen molar-refractivity contribution in [3.63, 3.8) is 0 Å². The molecule has 1 aromatic carbocycles. The molecule has 26 heavy (non-hydrogen) atoms. The van der Waals surface area contributed by atoms with Crippen molar-refractivity contribution in [2.24, 2.45) is 11.3 Å². The van der Waals surface area contributed by atoms with Crippen LogP contribution in [0.1, 0.15) is 24.0 Å². The van der Waals surface area contributed by atoms with E-state index in [4.69, 9.17) is 9.47 Å². The van der Waals surface area contributed by atoms with E-state index in [1.54, 1.807) is 14.2 Å². The summed E-state index contributed by atoms with van der Waals surface area (Å²) < 4.78 is 24.2. The van der Waals surface area contributed by atoms with E-state index in [1.807, 2.05) is 17.0 Å². The Morgan fingerprint density at radius 1 is 1.27 bits per heavy atom. The second kappa shape index (κ2) is 6.72. The number of benzene rings is 1. The highest BCUT2D eigenvalue weighted by molar-refractivity contribution is 5.79. The summed E-state index contributed by atoms with van der Waals surface area (Å²) in [6.45, 7) is 3.02. The van der Waals surface area contributed by atoms with Crippen LogP contribution < -0.4 is 9.47 Å². The monoisotopic (exact) mass is 362 g/mol. The Hall–Kier alpha value is -1.82. The third kappa shape index (κ3) is 2.84. The summed E-state index contributed by atoms with van der Waals surface area (Å²) in [6, 6.07) is 4.05. The number of methoxy groups -OCH3 is 2. The SMILES string of the molecule is COc1cc2c(cc1OC)CN(CC(=O)N1C[C@@H]3CC[C@]3(CF)C1)CC2. The fraction of sp³-hybridized carbons (Fsp3) is 0.650. The molecular formula is C20H27FN2O3. The molecule has 142 valence electrons. The van der Waals surface area contributed by atoms with Crippen LogP contribution in [0.4, 0.5) is 4.39 Å². The molecule has 1 aromatic rings. The zero-order valence-electron chi connectivity index (χ0n) is 15.6. The second-order valence-electron chi connectivity index (χ2n) is 7.94. The maximum absolute atomic E-state index is 13.4. The van der Waals surface area contributed by atoms with Crippen LogP contribution in [0.5, 0.6) is 11.5 Å². The number of carbonyl (C=O) groups is 1. The molecule has 0 radical (unpaired) electrons. The topological polar surface area (TPSA) is 42.0 Å². The minimum atomic E-state index is -0.292. The van der Waals surface area contributed by atoms with Gasteiger partial charge in [-0.3, -0.25) is 14.1 Å². The van der Waals surface area contributed by atoms with Gasteiger partial charge in [0.1, 0.15) is 0 Å². The van der Waals surface area contributed by atoms with Crippen molar-refractivity contribution in [2.75, 3.05) is 47.1 Å². The quantitative estimate of drug-likeness (QED) is 0.806. The van der Waals surface area contributed by atoms with Gasteiger partial charge in [0.15, 0.2) is 11.5 Å². The van der Waals surface area contributed by atoms with E-state index in [0.717, 1.165) is 50.4 Å². The molecule has 0 unspecified atom stereocenters. The van der Waals surface area contributed by atoms with Gasteiger partial charge < -0.3 is 14.4 Å². The van der Waals surface area contributed by atoms with Crippen molar-refractivity contribution in [3.05, 3.63) is 23.3 Å². The highest BCUT2D eigenvalue weighted by Crippen LogP contribution is 2.52. The van der Waals surface area contributed by atoms with Gasteiger partial charge in [-0.15, -0.1) is 0 Å². The maximum atomic E-state index is 13.4. The summed E-state index contributed by atoms with van der Waals surface area (Å²) >= 11 is 0. The molecule has 6 heteroatoms. The predicted molar refractivity (Wildman–Crippen MR) is 96.2 cm³/mol. The molecule has 0 N–H and O–H groups in total. The van der Waals surface area contributed by atoms with Crippen LogP contribution in [0, 0.1) is 11.3 Å². The molecule has 0 bridgehead atoms. The van der Waals surface area contributed by atoms with Gasteiger partial charge in [0.25, 0.3) is 0 Å². The molecule has 1 saturated heterocycles. The van der Waals surface area contributed by atoms with Crippen molar-refractivity contribution in [2.45, 2.75) is 25.8 Å². The minimum absolute atomic E-state index is 0.135. The van der Waals surface area contributed by atoms with Crippen LogP contribution >= 0.6 is 0 Å². The number of ether oxygens (including phenoxy) is 2. The summed E-state index contributed by atoms with van der Waals surface area (Å²) in [5.41, 5.74) is 2.21. The lowest BCUT2D eigenvalue weighted by Gasteiger charge is -2.41. The molecule has 0 spiro atoms. The number of nitrogens with zero attached hydrogens (tertiary/aromatic N) is 2. The Morgan fingerprint density at radius 2 is 2.00 bits per heavy atom.